The molecule has 0 saturated heterocycles. The first-order chi connectivity index (χ1) is 11.7. The summed E-state index contributed by atoms with van der Waals surface area (Å²) in [6, 6.07) is 8.04. The van der Waals surface area contributed by atoms with Crippen LogP contribution < -0.4 is 10.1 Å². The molecule has 7 heteroatoms. The summed E-state index contributed by atoms with van der Waals surface area (Å²) < 4.78 is 15.8. The van der Waals surface area contributed by atoms with E-state index in [2.05, 4.69) is 21.3 Å². The van der Waals surface area contributed by atoms with Crippen molar-refractivity contribution < 1.29 is 14.2 Å². The maximum Gasteiger partial charge on any atom is 0.193 e. The first-order valence-electron chi connectivity index (χ1n) is 8.33. The molecule has 1 N–H and O–H groups in total. The van der Waals surface area contributed by atoms with Crippen molar-refractivity contribution in [2.24, 2.45) is 4.99 Å². The standard InChI is InChI=1S/C18H31N3O3.HI/c1-19-18(20-11-7-8-12-24-14-13-22-3)21(2)15-16-9-5-6-10-17(16)23-4;/h5-6,9-10H,7-8,11-15H2,1-4H3,(H,19,20);1H. The molecule has 6 nitrogen and oxygen atoms in total. The summed E-state index contributed by atoms with van der Waals surface area (Å²) in [7, 11) is 7.20. The van der Waals surface area contributed by atoms with Gasteiger partial charge in [0.15, 0.2) is 5.96 Å². The van der Waals surface area contributed by atoms with E-state index in [1.807, 2.05) is 25.2 Å². The van der Waals surface area contributed by atoms with Crippen molar-refractivity contribution in [2.45, 2.75) is 19.4 Å². The minimum atomic E-state index is 0. The van der Waals surface area contributed by atoms with E-state index < -0.39 is 0 Å². The van der Waals surface area contributed by atoms with Crippen LogP contribution in [0.4, 0.5) is 0 Å². The van der Waals surface area contributed by atoms with Crippen molar-refractivity contribution in [1.29, 1.82) is 0 Å². The molecular formula is C18H32IN3O3. The van der Waals surface area contributed by atoms with Crippen molar-refractivity contribution >= 4 is 29.9 Å². The van der Waals surface area contributed by atoms with Gasteiger partial charge in [0.25, 0.3) is 0 Å². The van der Waals surface area contributed by atoms with E-state index in [0.717, 1.165) is 49.8 Å². The zero-order valence-corrected chi connectivity index (χ0v) is 18.1. The quantitative estimate of drug-likeness (QED) is 0.236. The molecule has 0 aliphatic rings. The van der Waals surface area contributed by atoms with Crippen LogP contribution in [0.3, 0.4) is 0 Å². The lowest BCUT2D eigenvalue weighted by Crippen LogP contribution is -2.39. The predicted octanol–water partition coefficient (Wildman–Crippen LogP) is 2.76. The lowest BCUT2D eigenvalue weighted by Gasteiger charge is -2.23. The first kappa shape index (κ1) is 23.9. The molecule has 0 radical (unpaired) electrons. The number of hydrogen-bond acceptors (Lipinski definition) is 4. The van der Waals surface area contributed by atoms with Crippen LogP contribution in [0.5, 0.6) is 5.75 Å². The molecule has 0 unspecified atom stereocenters. The number of nitrogens with zero attached hydrogens (tertiary/aromatic N) is 2. The molecule has 1 rings (SSSR count). The summed E-state index contributed by atoms with van der Waals surface area (Å²) in [6.45, 7) is 3.69. The molecule has 144 valence electrons. The molecule has 0 atom stereocenters. The fraction of sp³-hybridized carbons (Fsp3) is 0.611. The highest BCUT2D eigenvalue weighted by atomic mass is 127. The second-order valence-electron chi connectivity index (χ2n) is 5.45. The predicted molar refractivity (Wildman–Crippen MR) is 113 cm³/mol. The number of unbranched alkanes of at least 4 members (excludes halogenated alkanes) is 1. The van der Waals surface area contributed by atoms with Gasteiger partial charge in [0.2, 0.25) is 0 Å². The van der Waals surface area contributed by atoms with E-state index in [1.54, 1.807) is 21.3 Å². The number of para-hydroxylation sites is 1. The molecule has 25 heavy (non-hydrogen) atoms. The van der Waals surface area contributed by atoms with Gasteiger partial charge in [-0.15, -0.1) is 24.0 Å². The van der Waals surface area contributed by atoms with E-state index in [1.165, 1.54) is 0 Å². The van der Waals surface area contributed by atoms with Crippen LogP contribution in [0.2, 0.25) is 0 Å². The van der Waals surface area contributed by atoms with Crippen LogP contribution in [-0.2, 0) is 16.0 Å². The molecular weight excluding hydrogens is 433 g/mol. The number of hydrogen-bond donors (Lipinski definition) is 1. The summed E-state index contributed by atoms with van der Waals surface area (Å²) in [4.78, 5) is 6.43. The summed E-state index contributed by atoms with van der Waals surface area (Å²) in [5.41, 5.74) is 1.14. The summed E-state index contributed by atoms with van der Waals surface area (Å²) >= 11 is 0. The molecule has 1 aromatic rings. The number of aliphatic imine (C=N–C) groups is 1. The van der Waals surface area contributed by atoms with Crippen LogP contribution in [0.1, 0.15) is 18.4 Å². The minimum absolute atomic E-state index is 0. The second kappa shape index (κ2) is 15.2. The Morgan fingerprint density at radius 1 is 1.12 bits per heavy atom. The lowest BCUT2D eigenvalue weighted by molar-refractivity contribution is 0.0689. The van der Waals surface area contributed by atoms with Gasteiger partial charge in [-0.3, -0.25) is 4.99 Å². The van der Waals surface area contributed by atoms with Gasteiger partial charge in [-0.1, -0.05) is 18.2 Å². The van der Waals surface area contributed by atoms with Crippen molar-refractivity contribution in [1.82, 2.24) is 10.2 Å². The molecule has 0 bridgehead atoms. The third-order valence-electron chi connectivity index (χ3n) is 3.60. The van der Waals surface area contributed by atoms with E-state index in [4.69, 9.17) is 14.2 Å². The maximum absolute atomic E-state index is 5.45. The largest absolute Gasteiger partial charge is 0.496 e. The molecule has 0 spiro atoms. The van der Waals surface area contributed by atoms with Gasteiger partial charge in [-0.25, -0.2) is 0 Å². The Hall–Kier alpha value is -1.06. The van der Waals surface area contributed by atoms with E-state index in [9.17, 15) is 0 Å². The fourth-order valence-electron chi connectivity index (χ4n) is 2.32. The Morgan fingerprint density at radius 3 is 2.56 bits per heavy atom. The number of nitrogens with one attached hydrogen (secondary N) is 1. The van der Waals surface area contributed by atoms with Gasteiger partial charge < -0.3 is 24.4 Å². The van der Waals surface area contributed by atoms with Gasteiger partial charge in [-0.05, 0) is 18.9 Å². The van der Waals surface area contributed by atoms with Crippen LogP contribution in [0, 0.1) is 0 Å². The smallest absolute Gasteiger partial charge is 0.193 e. The molecule has 0 amide bonds. The van der Waals surface area contributed by atoms with Crippen molar-refractivity contribution in [3.8, 4) is 5.75 Å². The monoisotopic (exact) mass is 465 g/mol. The number of ether oxygens (including phenoxy) is 3. The van der Waals surface area contributed by atoms with Crippen LogP contribution in [-0.4, -0.2) is 65.5 Å². The number of methoxy groups -OCH3 is 2. The van der Waals surface area contributed by atoms with Crippen molar-refractivity contribution in [2.75, 3.05) is 54.7 Å². The van der Waals surface area contributed by atoms with Gasteiger partial charge in [0, 0.05) is 46.5 Å². The highest BCUT2D eigenvalue weighted by Gasteiger charge is 2.09. The number of benzene rings is 1. The fourth-order valence-corrected chi connectivity index (χ4v) is 2.32. The average molecular weight is 465 g/mol. The van der Waals surface area contributed by atoms with E-state index in [-0.39, 0.29) is 24.0 Å². The Balaban J connectivity index is 0.00000576. The molecule has 0 aromatic heterocycles. The highest BCUT2D eigenvalue weighted by molar-refractivity contribution is 14.0. The molecule has 0 aliphatic carbocycles. The topological polar surface area (TPSA) is 55.3 Å². The molecule has 0 aliphatic heterocycles. The zero-order chi connectivity index (χ0) is 17.6. The number of guanidine groups is 1. The molecule has 0 heterocycles. The third kappa shape index (κ3) is 9.86. The average Bonchev–Trinajstić information content (AvgIpc) is 2.61. The Labute approximate surface area is 169 Å². The van der Waals surface area contributed by atoms with Gasteiger partial charge in [-0.2, -0.15) is 0 Å². The van der Waals surface area contributed by atoms with Crippen molar-refractivity contribution in [3.63, 3.8) is 0 Å². The van der Waals surface area contributed by atoms with Crippen LogP contribution >= 0.6 is 24.0 Å². The van der Waals surface area contributed by atoms with Gasteiger partial charge in [0.1, 0.15) is 5.75 Å². The van der Waals surface area contributed by atoms with Crippen LogP contribution in [0.15, 0.2) is 29.3 Å². The SMILES string of the molecule is CN=C(NCCCCOCCOC)N(C)Cc1ccccc1OC.I. The Morgan fingerprint density at radius 2 is 1.88 bits per heavy atom. The zero-order valence-electron chi connectivity index (χ0n) is 15.8. The van der Waals surface area contributed by atoms with E-state index >= 15 is 0 Å². The first-order valence-corrected chi connectivity index (χ1v) is 8.33. The van der Waals surface area contributed by atoms with Crippen LogP contribution in [0.25, 0.3) is 0 Å². The van der Waals surface area contributed by atoms with Crippen molar-refractivity contribution in [3.05, 3.63) is 29.8 Å². The second-order valence-corrected chi connectivity index (χ2v) is 5.45. The third-order valence-corrected chi connectivity index (χ3v) is 3.60. The highest BCUT2D eigenvalue weighted by Crippen LogP contribution is 2.18. The lowest BCUT2D eigenvalue weighted by atomic mass is 10.2. The maximum atomic E-state index is 5.45. The Bertz CT molecular complexity index is 486. The van der Waals surface area contributed by atoms with E-state index in [0.29, 0.717) is 13.2 Å². The number of rotatable bonds is 11. The molecule has 0 fully saturated rings. The summed E-state index contributed by atoms with van der Waals surface area (Å²) in [6.07, 6.45) is 2.05. The van der Waals surface area contributed by atoms with Gasteiger partial charge >= 0.3 is 0 Å². The molecule has 1 aromatic carbocycles. The Kier molecular flexibility index (Phi) is 14.6. The summed E-state index contributed by atoms with van der Waals surface area (Å²) in [5, 5.41) is 3.38. The summed E-state index contributed by atoms with van der Waals surface area (Å²) in [5.74, 6) is 1.77. The normalized spacial score (nSPS) is 11.0. The van der Waals surface area contributed by atoms with Gasteiger partial charge in [0.05, 0.1) is 20.3 Å². The number of halogens is 1. The molecule has 0 saturated carbocycles. The minimum Gasteiger partial charge on any atom is -0.496 e.